The van der Waals surface area contributed by atoms with Crippen molar-refractivity contribution < 1.29 is 4.79 Å². The number of carbonyl (C=O) groups excluding carboxylic acids is 1. The van der Waals surface area contributed by atoms with Crippen molar-refractivity contribution >= 4 is 5.78 Å². The van der Waals surface area contributed by atoms with Crippen LogP contribution in [-0.2, 0) is 4.79 Å². The van der Waals surface area contributed by atoms with Crippen molar-refractivity contribution in [3.05, 3.63) is 35.9 Å². The van der Waals surface area contributed by atoms with Crippen LogP contribution in [0.4, 0.5) is 0 Å². The summed E-state index contributed by atoms with van der Waals surface area (Å²) in [6, 6.07) is 9.85. The van der Waals surface area contributed by atoms with Crippen LogP contribution in [-0.4, -0.2) is 12.3 Å². The highest BCUT2D eigenvalue weighted by molar-refractivity contribution is 5.85. The van der Waals surface area contributed by atoms with Gasteiger partial charge in [0.25, 0.3) is 0 Å². The van der Waals surface area contributed by atoms with Gasteiger partial charge in [-0.3, -0.25) is 4.79 Å². The third-order valence-corrected chi connectivity index (χ3v) is 2.40. The molecule has 1 aromatic carbocycles. The molecule has 1 atom stereocenters. The molecule has 1 saturated heterocycles. The van der Waals surface area contributed by atoms with E-state index in [0.717, 1.165) is 18.5 Å². The number of rotatable bonds is 1. The lowest BCUT2D eigenvalue weighted by molar-refractivity contribution is -0.122. The quantitative estimate of drug-likeness (QED) is 0.703. The van der Waals surface area contributed by atoms with Crippen LogP contribution in [0, 0.1) is 0 Å². The normalized spacial score (nSPS) is 23.1. The Hall–Kier alpha value is -1.15. The van der Waals surface area contributed by atoms with Gasteiger partial charge in [-0.15, -0.1) is 0 Å². The van der Waals surface area contributed by atoms with E-state index in [1.165, 1.54) is 0 Å². The first kappa shape index (κ1) is 8.45. The van der Waals surface area contributed by atoms with Crippen LogP contribution in [0.3, 0.4) is 0 Å². The molecule has 2 rings (SSSR count). The van der Waals surface area contributed by atoms with Gasteiger partial charge in [0.1, 0.15) is 0 Å². The van der Waals surface area contributed by atoms with Crippen molar-refractivity contribution in [3.63, 3.8) is 0 Å². The summed E-state index contributed by atoms with van der Waals surface area (Å²) in [5.41, 5.74) is 1.09. The van der Waals surface area contributed by atoms with Crippen molar-refractivity contribution in [2.45, 2.75) is 18.9 Å². The van der Waals surface area contributed by atoms with Crippen molar-refractivity contribution in [2.24, 2.45) is 0 Å². The van der Waals surface area contributed by atoms with E-state index >= 15 is 0 Å². The zero-order valence-corrected chi connectivity index (χ0v) is 7.49. The minimum Gasteiger partial charge on any atom is -0.304 e. The number of benzene rings is 1. The molecule has 1 aliphatic rings. The number of piperidine rings is 1. The van der Waals surface area contributed by atoms with E-state index < -0.39 is 0 Å². The van der Waals surface area contributed by atoms with Gasteiger partial charge in [-0.2, -0.15) is 0 Å². The predicted molar refractivity (Wildman–Crippen MR) is 51.4 cm³/mol. The first-order chi connectivity index (χ1) is 6.38. The lowest BCUT2D eigenvalue weighted by Crippen LogP contribution is -2.34. The molecule has 0 bridgehead atoms. The molecule has 1 aromatic rings. The Balaban J connectivity index is 2.20. The van der Waals surface area contributed by atoms with Crippen molar-refractivity contribution in [1.82, 2.24) is 5.32 Å². The number of nitrogens with one attached hydrogen (secondary N) is 1. The summed E-state index contributed by atoms with van der Waals surface area (Å²) in [5, 5.41) is 3.24. The summed E-state index contributed by atoms with van der Waals surface area (Å²) < 4.78 is 0. The van der Waals surface area contributed by atoms with Crippen LogP contribution >= 0.6 is 0 Å². The topological polar surface area (TPSA) is 29.1 Å². The Morgan fingerprint density at radius 3 is 2.69 bits per heavy atom. The highest BCUT2D eigenvalue weighted by atomic mass is 16.1. The molecule has 1 fully saturated rings. The van der Waals surface area contributed by atoms with Gasteiger partial charge in [-0.05, 0) is 18.5 Å². The fourth-order valence-corrected chi connectivity index (χ4v) is 1.72. The molecule has 0 radical (unpaired) electrons. The van der Waals surface area contributed by atoms with Crippen LogP contribution in [0.5, 0.6) is 0 Å². The average molecular weight is 175 g/mol. The highest BCUT2D eigenvalue weighted by Crippen LogP contribution is 2.18. The monoisotopic (exact) mass is 175 g/mol. The van der Waals surface area contributed by atoms with Crippen molar-refractivity contribution in [2.75, 3.05) is 6.54 Å². The number of Topliss-reactive ketones (excluding diaryl/α,β-unsaturated/α-hetero) is 1. The molecular weight excluding hydrogens is 162 g/mol. The van der Waals surface area contributed by atoms with Crippen LogP contribution in [0.1, 0.15) is 24.4 Å². The summed E-state index contributed by atoms with van der Waals surface area (Å²) in [6.07, 6.45) is 1.69. The largest absolute Gasteiger partial charge is 0.304 e. The SMILES string of the molecule is O=C1CCCNC1c1ccccc1. The Bertz CT molecular complexity index is 294. The van der Waals surface area contributed by atoms with Crippen molar-refractivity contribution in [1.29, 1.82) is 0 Å². The van der Waals surface area contributed by atoms with E-state index in [9.17, 15) is 4.79 Å². The highest BCUT2D eigenvalue weighted by Gasteiger charge is 2.22. The zero-order chi connectivity index (χ0) is 9.10. The van der Waals surface area contributed by atoms with Gasteiger partial charge in [-0.25, -0.2) is 0 Å². The van der Waals surface area contributed by atoms with E-state index in [-0.39, 0.29) is 6.04 Å². The summed E-state index contributed by atoms with van der Waals surface area (Å²) >= 11 is 0. The maximum Gasteiger partial charge on any atom is 0.154 e. The number of ketones is 1. The van der Waals surface area contributed by atoms with E-state index in [1.54, 1.807) is 0 Å². The van der Waals surface area contributed by atoms with E-state index in [1.807, 2.05) is 30.3 Å². The smallest absolute Gasteiger partial charge is 0.154 e. The van der Waals surface area contributed by atoms with E-state index in [2.05, 4.69) is 5.32 Å². The third kappa shape index (κ3) is 1.78. The maximum absolute atomic E-state index is 11.5. The van der Waals surface area contributed by atoms with E-state index in [4.69, 9.17) is 0 Å². The lowest BCUT2D eigenvalue weighted by atomic mass is 9.96. The van der Waals surface area contributed by atoms with Gasteiger partial charge in [0, 0.05) is 6.42 Å². The molecular formula is C11H13NO. The van der Waals surface area contributed by atoms with Gasteiger partial charge in [-0.1, -0.05) is 30.3 Å². The van der Waals surface area contributed by atoms with Crippen LogP contribution < -0.4 is 5.32 Å². The molecule has 0 aromatic heterocycles. The van der Waals surface area contributed by atoms with Gasteiger partial charge >= 0.3 is 0 Å². The van der Waals surface area contributed by atoms with Crippen LogP contribution in [0.15, 0.2) is 30.3 Å². The minimum atomic E-state index is -0.0602. The maximum atomic E-state index is 11.5. The summed E-state index contributed by atoms with van der Waals surface area (Å²) in [6.45, 7) is 0.950. The molecule has 1 unspecified atom stereocenters. The third-order valence-electron chi connectivity index (χ3n) is 2.40. The van der Waals surface area contributed by atoms with Gasteiger partial charge in [0.2, 0.25) is 0 Å². The van der Waals surface area contributed by atoms with Crippen LogP contribution in [0.25, 0.3) is 0 Å². The second-order valence-corrected chi connectivity index (χ2v) is 3.37. The Kier molecular flexibility index (Phi) is 2.41. The molecule has 0 spiro atoms. The van der Waals surface area contributed by atoms with E-state index in [0.29, 0.717) is 12.2 Å². The average Bonchev–Trinajstić information content (AvgIpc) is 2.20. The summed E-state index contributed by atoms with van der Waals surface area (Å²) in [4.78, 5) is 11.5. The second-order valence-electron chi connectivity index (χ2n) is 3.37. The molecule has 2 heteroatoms. The Labute approximate surface area is 78.0 Å². The fourth-order valence-electron chi connectivity index (χ4n) is 1.72. The molecule has 2 nitrogen and oxygen atoms in total. The second kappa shape index (κ2) is 3.71. The molecule has 1 aliphatic heterocycles. The van der Waals surface area contributed by atoms with Gasteiger partial charge < -0.3 is 5.32 Å². The van der Waals surface area contributed by atoms with Gasteiger partial charge in [0.05, 0.1) is 6.04 Å². The Morgan fingerprint density at radius 1 is 1.23 bits per heavy atom. The number of hydrogen-bond acceptors (Lipinski definition) is 2. The lowest BCUT2D eigenvalue weighted by Gasteiger charge is -2.22. The van der Waals surface area contributed by atoms with Crippen molar-refractivity contribution in [3.8, 4) is 0 Å². The number of carbonyl (C=O) groups is 1. The number of hydrogen-bond donors (Lipinski definition) is 1. The molecule has 0 amide bonds. The molecule has 0 aliphatic carbocycles. The molecule has 68 valence electrons. The standard InChI is InChI=1S/C11H13NO/c13-10-7-4-8-12-11(10)9-5-2-1-3-6-9/h1-3,5-6,11-12H,4,7-8H2. The summed E-state index contributed by atoms with van der Waals surface area (Å²) in [5.74, 6) is 0.317. The zero-order valence-electron chi connectivity index (χ0n) is 7.49. The molecule has 1 heterocycles. The van der Waals surface area contributed by atoms with Crippen LogP contribution in [0.2, 0.25) is 0 Å². The molecule has 0 saturated carbocycles. The molecule has 1 N–H and O–H groups in total. The first-order valence-corrected chi connectivity index (χ1v) is 4.69. The Morgan fingerprint density at radius 2 is 2.00 bits per heavy atom. The fraction of sp³-hybridized carbons (Fsp3) is 0.364. The summed E-state index contributed by atoms with van der Waals surface area (Å²) in [7, 11) is 0. The minimum absolute atomic E-state index is 0.0602. The van der Waals surface area contributed by atoms with Gasteiger partial charge in [0.15, 0.2) is 5.78 Å². The predicted octanol–water partition coefficient (Wildman–Crippen LogP) is 1.68. The first-order valence-electron chi connectivity index (χ1n) is 4.69. The molecule has 13 heavy (non-hydrogen) atoms.